The molecule has 0 amide bonds. The number of fused-ring (bicyclic) bond motifs is 1. The van der Waals surface area contributed by atoms with Gasteiger partial charge in [-0.3, -0.25) is 4.98 Å². The van der Waals surface area contributed by atoms with Gasteiger partial charge in [-0.15, -0.1) is 19.1 Å². The molecule has 0 saturated heterocycles. The van der Waals surface area contributed by atoms with E-state index in [1.807, 2.05) is 84.8 Å². The van der Waals surface area contributed by atoms with Crippen molar-refractivity contribution in [2.75, 3.05) is 42.3 Å². The Morgan fingerprint density at radius 3 is 1.58 bits per heavy atom. The average molecular weight is 521 g/mol. The molecular formula is C17H27F6N7OP2. The van der Waals surface area contributed by atoms with Crippen LogP contribution in [-0.4, -0.2) is 76.4 Å². The number of pyridine rings is 1. The molecule has 16 heteroatoms. The van der Waals surface area contributed by atoms with Crippen molar-refractivity contribution < 1.29 is 29.8 Å². The van der Waals surface area contributed by atoms with E-state index in [0.717, 1.165) is 11.0 Å². The topological polar surface area (TPSA) is 62.6 Å². The van der Waals surface area contributed by atoms with Crippen LogP contribution in [0.2, 0.25) is 0 Å². The molecule has 0 aliphatic heterocycles. The Kier molecular flexibility index (Phi) is 8.78. The van der Waals surface area contributed by atoms with Gasteiger partial charge in [0.15, 0.2) is 0 Å². The summed E-state index contributed by atoms with van der Waals surface area (Å²) in [6, 6.07) is 13.5. The molecule has 0 fully saturated rings. The second-order valence-electron chi connectivity index (χ2n) is 7.07. The second kappa shape index (κ2) is 10.0. The van der Waals surface area contributed by atoms with E-state index < -0.39 is 15.8 Å². The SMILES string of the molecule is CN(C)[P+](On1nnc2ccccc21)(N(C)C)N(C)C.F[P-](F)(F)(F)(F)F.c1ccncc1. The summed E-state index contributed by atoms with van der Waals surface area (Å²) in [4.78, 5) is 5.30. The van der Waals surface area contributed by atoms with Crippen LogP contribution in [0.1, 0.15) is 0 Å². The smallest absolute Gasteiger partial charge is 0.0267 e. The Morgan fingerprint density at radius 1 is 0.758 bits per heavy atom. The minimum absolute atomic E-state index is 0.821. The van der Waals surface area contributed by atoms with Gasteiger partial charge in [-0.25, -0.2) is 0 Å². The van der Waals surface area contributed by atoms with Crippen molar-refractivity contribution in [3.05, 3.63) is 54.9 Å². The van der Waals surface area contributed by atoms with Gasteiger partial charge in [0, 0.05) is 54.7 Å². The van der Waals surface area contributed by atoms with Gasteiger partial charge in [0.1, 0.15) is 11.0 Å². The zero-order chi connectivity index (χ0) is 25.6. The largest absolute Gasteiger partial charge is 0.265 e. The summed E-state index contributed by atoms with van der Waals surface area (Å²) in [6.07, 6.45) is 3.50. The van der Waals surface area contributed by atoms with Crippen LogP contribution in [0.15, 0.2) is 54.9 Å². The molecule has 0 radical (unpaired) electrons. The molecule has 8 nitrogen and oxygen atoms in total. The number of hydrogen-bond donors (Lipinski definition) is 0. The first-order valence-electron chi connectivity index (χ1n) is 9.19. The number of nitrogens with zero attached hydrogens (tertiary/aromatic N) is 7. The van der Waals surface area contributed by atoms with Gasteiger partial charge >= 0.3 is 40.9 Å². The summed E-state index contributed by atoms with van der Waals surface area (Å²) >= 11 is 0. The normalized spacial score (nSPS) is 14.2. The van der Waals surface area contributed by atoms with Gasteiger partial charge in [0.2, 0.25) is 0 Å². The fourth-order valence-corrected chi connectivity index (χ4v) is 5.53. The molecule has 3 aromatic rings. The van der Waals surface area contributed by atoms with Crippen molar-refractivity contribution in [1.82, 2.24) is 34.2 Å². The molecule has 2 heterocycles. The minimum Gasteiger partial charge on any atom is -0.265 e. The van der Waals surface area contributed by atoms with Crippen LogP contribution in [-0.2, 0) is 0 Å². The van der Waals surface area contributed by atoms with Crippen molar-refractivity contribution >= 4 is 26.8 Å². The first-order chi connectivity index (χ1) is 14.8. The minimum atomic E-state index is -10.7. The summed E-state index contributed by atoms with van der Waals surface area (Å²) in [7, 11) is -0.761. The van der Waals surface area contributed by atoms with Gasteiger partial charge in [0.05, 0.1) is 0 Å². The predicted molar refractivity (Wildman–Crippen MR) is 120 cm³/mol. The fraction of sp³-hybridized carbons (Fsp3) is 0.353. The maximum absolute atomic E-state index is 10.7. The molecule has 1 aromatic carbocycles. The van der Waals surface area contributed by atoms with Gasteiger partial charge in [-0.1, -0.05) is 18.2 Å². The molecule has 0 unspecified atom stereocenters. The Balaban J connectivity index is 0.000000341. The van der Waals surface area contributed by atoms with Gasteiger partial charge in [0.25, 0.3) is 0 Å². The number of hydrogen-bond acceptors (Lipinski definition) is 7. The third-order valence-corrected chi connectivity index (χ3v) is 7.14. The van der Waals surface area contributed by atoms with Gasteiger partial charge in [-0.2, -0.15) is 4.62 Å². The molecule has 3 rings (SSSR count). The standard InChI is InChI=1S/C12H22N6OP.C5H5N.F6P/c1-15(2)20(16(3)4,17(5)6)19-18-12-10-8-7-9-11(12)13-14-18;1-2-4-6-5-3-1;1-7(2,3,4,5)6/h7-10H,1-6H3;1-5H;/q+1;;-1. The second-order valence-corrected chi connectivity index (χ2v) is 12.6. The average Bonchev–Trinajstić information content (AvgIpc) is 3.07. The Bertz CT molecular complexity index is 942. The number of rotatable bonds is 5. The van der Waals surface area contributed by atoms with Gasteiger partial charge in [-0.05, 0) is 34.3 Å². The van der Waals surface area contributed by atoms with Crippen molar-refractivity contribution in [2.45, 2.75) is 0 Å². The van der Waals surface area contributed by atoms with Crippen LogP contribution < -0.4 is 4.62 Å². The number of benzene rings is 1. The van der Waals surface area contributed by atoms with Crippen molar-refractivity contribution in [3.63, 3.8) is 0 Å². The molecule has 33 heavy (non-hydrogen) atoms. The summed E-state index contributed by atoms with van der Waals surface area (Å²) < 4.78 is 71.7. The molecule has 2 aromatic heterocycles. The molecule has 0 saturated carbocycles. The third kappa shape index (κ3) is 10.6. The molecule has 0 aliphatic rings. The maximum Gasteiger partial charge on any atom is 0.0267 e. The number of para-hydroxylation sites is 1. The van der Waals surface area contributed by atoms with E-state index in [-0.39, 0.29) is 0 Å². The zero-order valence-corrected chi connectivity index (χ0v) is 20.7. The van der Waals surface area contributed by atoms with E-state index in [2.05, 4.69) is 29.3 Å². The third-order valence-electron chi connectivity index (χ3n) is 3.64. The summed E-state index contributed by atoms with van der Waals surface area (Å²) in [5, 5.41) is 8.25. The number of aromatic nitrogens is 4. The van der Waals surface area contributed by atoms with E-state index in [1.165, 1.54) is 4.85 Å². The number of halogens is 6. The van der Waals surface area contributed by atoms with Crippen LogP contribution >= 0.6 is 15.8 Å². The van der Waals surface area contributed by atoms with E-state index in [1.54, 1.807) is 12.4 Å². The van der Waals surface area contributed by atoms with Gasteiger partial charge < -0.3 is 0 Å². The Labute approximate surface area is 188 Å². The van der Waals surface area contributed by atoms with E-state index in [9.17, 15) is 25.2 Å². The van der Waals surface area contributed by atoms with E-state index in [0.29, 0.717) is 0 Å². The molecular weight excluding hydrogens is 494 g/mol. The fourth-order valence-electron chi connectivity index (χ4n) is 2.62. The van der Waals surface area contributed by atoms with Crippen LogP contribution in [0.3, 0.4) is 0 Å². The summed E-state index contributed by atoms with van der Waals surface area (Å²) in [5.74, 6) is 0. The van der Waals surface area contributed by atoms with Crippen LogP contribution in [0.4, 0.5) is 25.2 Å². The first-order valence-corrected chi connectivity index (χ1v) is 12.8. The molecule has 0 aliphatic carbocycles. The maximum atomic E-state index is 9.87. The van der Waals surface area contributed by atoms with Crippen LogP contribution in [0.5, 0.6) is 0 Å². The predicted octanol–water partition coefficient (Wildman–Crippen LogP) is 5.69. The molecule has 0 N–H and O–H groups in total. The molecule has 0 bridgehead atoms. The molecule has 188 valence electrons. The van der Waals surface area contributed by atoms with E-state index >= 15 is 0 Å². The monoisotopic (exact) mass is 521 g/mol. The quantitative estimate of drug-likeness (QED) is 0.316. The summed E-state index contributed by atoms with van der Waals surface area (Å²) in [5.41, 5.74) is 1.68. The summed E-state index contributed by atoms with van der Waals surface area (Å²) in [6.45, 7) is 0. The van der Waals surface area contributed by atoms with Crippen molar-refractivity contribution in [2.24, 2.45) is 0 Å². The van der Waals surface area contributed by atoms with E-state index in [4.69, 9.17) is 4.62 Å². The van der Waals surface area contributed by atoms with Crippen molar-refractivity contribution in [1.29, 1.82) is 0 Å². The molecule has 0 atom stereocenters. The zero-order valence-electron chi connectivity index (χ0n) is 18.9. The van der Waals surface area contributed by atoms with Crippen LogP contribution in [0.25, 0.3) is 11.0 Å². The van der Waals surface area contributed by atoms with Crippen LogP contribution in [0, 0.1) is 0 Å². The molecule has 0 spiro atoms. The Morgan fingerprint density at radius 2 is 1.21 bits per heavy atom. The first kappa shape index (κ1) is 28.9. The Hall–Kier alpha value is -2.11. The van der Waals surface area contributed by atoms with Crippen molar-refractivity contribution in [3.8, 4) is 0 Å².